The van der Waals surface area contributed by atoms with Gasteiger partial charge in [-0.25, -0.2) is 0 Å². The highest BCUT2D eigenvalue weighted by Gasteiger charge is 2.41. The topological polar surface area (TPSA) is 43.4 Å². The molecule has 2 rings (SSSR count). The van der Waals surface area contributed by atoms with Crippen LogP contribution < -0.4 is 0 Å². The molecule has 0 aliphatic carbocycles. The summed E-state index contributed by atoms with van der Waals surface area (Å²) in [5, 5.41) is 0. The van der Waals surface area contributed by atoms with E-state index in [0.29, 0.717) is 12.8 Å². The summed E-state index contributed by atoms with van der Waals surface area (Å²) in [5.41, 5.74) is 1.45. The van der Waals surface area contributed by atoms with Gasteiger partial charge in [-0.15, -0.1) is 0 Å². The van der Waals surface area contributed by atoms with E-state index in [4.69, 9.17) is 8.83 Å². The van der Waals surface area contributed by atoms with Crippen LogP contribution in [0.5, 0.6) is 0 Å². The van der Waals surface area contributed by atoms with Crippen molar-refractivity contribution in [2.45, 2.75) is 93.9 Å². The second-order valence-corrected chi connectivity index (χ2v) is 9.19. The van der Waals surface area contributed by atoms with Crippen molar-refractivity contribution < 1.29 is 13.6 Å². The molecular formula is C25H38O3. The highest BCUT2D eigenvalue weighted by molar-refractivity contribution is 5.89. The molecule has 28 heavy (non-hydrogen) atoms. The molecule has 0 spiro atoms. The van der Waals surface area contributed by atoms with Crippen molar-refractivity contribution in [2.75, 3.05) is 0 Å². The highest BCUT2D eigenvalue weighted by atomic mass is 16.3. The van der Waals surface area contributed by atoms with Crippen LogP contribution in [0, 0.1) is 10.8 Å². The van der Waals surface area contributed by atoms with E-state index in [-0.39, 0.29) is 5.78 Å². The maximum absolute atomic E-state index is 13.6. The van der Waals surface area contributed by atoms with Crippen LogP contribution in [0.25, 0.3) is 0 Å². The van der Waals surface area contributed by atoms with Crippen molar-refractivity contribution in [1.82, 2.24) is 0 Å². The van der Waals surface area contributed by atoms with Gasteiger partial charge in [0.15, 0.2) is 0 Å². The lowest BCUT2D eigenvalue weighted by molar-refractivity contribution is -0.136. The molecule has 0 saturated heterocycles. The van der Waals surface area contributed by atoms with E-state index < -0.39 is 10.8 Å². The van der Waals surface area contributed by atoms with Crippen molar-refractivity contribution in [1.29, 1.82) is 0 Å². The smallest absolute Gasteiger partial charge is 0.144 e. The predicted molar refractivity (Wildman–Crippen MR) is 115 cm³/mol. The Kier molecular flexibility index (Phi) is 7.01. The molecule has 2 heterocycles. The van der Waals surface area contributed by atoms with Gasteiger partial charge in [0.25, 0.3) is 0 Å². The fourth-order valence-electron chi connectivity index (χ4n) is 4.18. The monoisotopic (exact) mass is 386 g/mol. The molecule has 0 aromatic carbocycles. The summed E-state index contributed by atoms with van der Waals surface area (Å²) in [6.07, 6.45) is 4.89. The molecule has 0 radical (unpaired) electrons. The largest absolute Gasteiger partial charge is 0.466 e. The summed E-state index contributed by atoms with van der Waals surface area (Å²) in [6.45, 7) is 16.7. The van der Waals surface area contributed by atoms with Gasteiger partial charge in [0.1, 0.15) is 28.8 Å². The zero-order valence-corrected chi connectivity index (χ0v) is 19.1. The molecule has 0 unspecified atom stereocenters. The van der Waals surface area contributed by atoms with E-state index in [0.717, 1.165) is 48.7 Å². The molecule has 0 bridgehead atoms. The van der Waals surface area contributed by atoms with Crippen LogP contribution in [0.4, 0.5) is 0 Å². The number of rotatable bonds is 10. The third kappa shape index (κ3) is 4.79. The van der Waals surface area contributed by atoms with Crippen LogP contribution in [0.1, 0.15) is 89.6 Å². The minimum atomic E-state index is -0.497. The minimum Gasteiger partial charge on any atom is -0.466 e. The molecule has 0 fully saturated rings. The third-order valence-corrected chi connectivity index (χ3v) is 5.79. The maximum atomic E-state index is 13.6. The highest BCUT2D eigenvalue weighted by Crippen LogP contribution is 2.37. The SMILES string of the molecule is CCc1cc(CC)c(CC(C)(C)C(=O)C(C)(C)Cc2oc(CC)cc2CC)o1. The summed E-state index contributed by atoms with van der Waals surface area (Å²) in [7, 11) is 0. The average Bonchev–Trinajstić information content (AvgIpc) is 3.23. The Morgan fingerprint density at radius 3 is 1.36 bits per heavy atom. The Morgan fingerprint density at radius 1 is 0.714 bits per heavy atom. The predicted octanol–water partition coefficient (Wildman–Crippen LogP) is 6.53. The van der Waals surface area contributed by atoms with E-state index in [1.54, 1.807) is 0 Å². The number of carbonyl (C=O) groups is 1. The minimum absolute atomic E-state index is 0.257. The molecule has 0 atom stereocenters. The number of Topliss-reactive ketones (excluding diaryl/α,β-unsaturated/α-hetero) is 1. The van der Waals surface area contributed by atoms with E-state index in [1.165, 1.54) is 11.1 Å². The normalized spacial score (nSPS) is 12.6. The first-order valence-corrected chi connectivity index (χ1v) is 10.8. The molecule has 0 aliphatic rings. The van der Waals surface area contributed by atoms with Crippen LogP contribution in [0.15, 0.2) is 21.0 Å². The first-order chi connectivity index (χ1) is 13.1. The summed E-state index contributed by atoms with van der Waals surface area (Å²) >= 11 is 0. The molecule has 0 N–H and O–H groups in total. The number of ketones is 1. The Balaban J connectivity index is 2.24. The summed E-state index contributed by atoms with van der Waals surface area (Å²) in [5.74, 6) is 4.20. The zero-order valence-electron chi connectivity index (χ0n) is 19.1. The van der Waals surface area contributed by atoms with E-state index >= 15 is 0 Å². The number of aryl methyl sites for hydroxylation is 4. The van der Waals surface area contributed by atoms with Crippen molar-refractivity contribution in [3.05, 3.63) is 46.3 Å². The molecule has 3 heteroatoms. The van der Waals surface area contributed by atoms with Crippen LogP contribution in [-0.2, 0) is 43.3 Å². The third-order valence-electron chi connectivity index (χ3n) is 5.79. The van der Waals surface area contributed by atoms with Gasteiger partial charge in [0.05, 0.1) is 0 Å². The Morgan fingerprint density at radius 2 is 1.07 bits per heavy atom. The summed E-state index contributed by atoms with van der Waals surface area (Å²) in [6, 6.07) is 4.29. The lowest BCUT2D eigenvalue weighted by atomic mass is 9.69. The van der Waals surface area contributed by atoms with Crippen LogP contribution in [-0.4, -0.2) is 5.78 Å². The summed E-state index contributed by atoms with van der Waals surface area (Å²) in [4.78, 5) is 13.6. The molecule has 0 saturated carbocycles. The summed E-state index contributed by atoms with van der Waals surface area (Å²) < 4.78 is 12.1. The molecule has 2 aromatic heterocycles. The van der Waals surface area contributed by atoms with Crippen LogP contribution in [0.2, 0.25) is 0 Å². The van der Waals surface area contributed by atoms with Gasteiger partial charge in [-0.1, -0.05) is 55.4 Å². The standard InChI is InChI=1S/C25H38O3/c1-9-17-13-19(11-3)27-21(17)15-24(5,6)23(26)25(7,8)16-22-18(10-2)14-20(12-4)28-22/h13-14H,9-12,15-16H2,1-8H3. The van der Waals surface area contributed by atoms with E-state index in [2.05, 4.69) is 39.8 Å². The van der Waals surface area contributed by atoms with Crippen molar-refractivity contribution >= 4 is 5.78 Å². The Bertz CT molecular complexity index is 736. The Labute approximate surface area is 170 Å². The maximum Gasteiger partial charge on any atom is 0.144 e. The van der Waals surface area contributed by atoms with E-state index in [1.807, 2.05) is 27.7 Å². The second-order valence-electron chi connectivity index (χ2n) is 9.19. The van der Waals surface area contributed by atoms with E-state index in [9.17, 15) is 4.79 Å². The number of hydrogen-bond acceptors (Lipinski definition) is 3. The van der Waals surface area contributed by atoms with Gasteiger partial charge in [-0.05, 0) is 36.1 Å². The van der Waals surface area contributed by atoms with Crippen molar-refractivity contribution in [3.63, 3.8) is 0 Å². The number of furan rings is 2. The van der Waals surface area contributed by atoms with Crippen LogP contribution >= 0.6 is 0 Å². The zero-order chi connectivity index (χ0) is 21.1. The fraction of sp³-hybridized carbons (Fsp3) is 0.640. The van der Waals surface area contributed by atoms with Gasteiger partial charge >= 0.3 is 0 Å². The van der Waals surface area contributed by atoms with Gasteiger partial charge in [-0.3, -0.25) is 4.79 Å². The first-order valence-electron chi connectivity index (χ1n) is 10.8. The molecule has 156 valence electrons. The molecule has 2 aromatic rings. The lowest BCUT2D eigenvalue weighted by Gasteiger charge is -2.33. The van der Waals surface area contributed by atoms with Crippen molar-refractivity contribution in [3.8, 4) is 0 Å². The van der Waals surface area contributed by atoms with Gasteiger partial charge in [0.2, 0.25) is 0 Å². The fourth-order valence-corrected chi connectivity index (χ4v) is 4.18. The second kappa shape index (κ2) is 8.71. The van der Waals surface area contributed by atoms with Gasteiger partial charge in [0, 0.05) is 36.5 Å². The molecular weight excluding hydrogens is 348 g/mol. The quantitative estimate of drug-likeness (QED) is 0.466. The number of carbonyl (C=O) groups excluding carboxylic acids is 1. The first kappa shape index (κ1) is 22.5. The number of hydrogen-bond donors (Lipinski definition) is 0. The van der Waals surface area contributed by atoms with Gasteiger partial charge in [-0.2, -0.15) is 0 Å². The van der Waals surface area contributed by atoms with Crippen molar-refractivity contribution in [2.24, 2.45) is 10.8 Å². The van der Waals surface area contributed by atoms with Gasteiger partial charge < -0.3 is 8.83 Å². The molecule has 0 amide bonds. The average molecular weight is 387 g/mol. The van der Waals surface area contributed by atoms with Crippen LogP contribution in [0.3, 0.4) is 0 Å². The molecule has 3 nitrogen and oxygen atoms in total. The molecule has 0 aliphatic heterocycles. The lowest BCUT2D eigenvalue weighted by Crippen LogP contribution is -2.39. The Hall–Kier alpha value is -1.77.